The fourth-order valence-corrected chi connectivity index (χ4v) is 2.29. The first kappa shape index (κ1) is 19.6. The number of hydrogen-bond acceptors (Lipinski definition) is 4. The van der Waals surface area contributed by atoms with Crippen LogP contribution in [-0.2, 0) is 4.79 Å². The molecule has 0 heterocycles. The van der Waals surface area contributed by atoms with Crippen LogP contribution in [0.15, 0.2) is 48.5 Å². The second-order valence-corrected chi connectivity index (χ2v) is 6.46. The molecular weight excluding hydrogens is 328 g/mol. The second kappa shape index (κ2) is 9.66. The maximum absolute atomic E-state index is 12.0. The van der Waals surface area contributed by atoms with E-state index >= 15 is 0 Å². The molecule has 0 unspecified atom stereocenters. The van der Waals surface area contributed by atoms with E-state index in [2.05, 4.69) is 13.8 Å². The number of para-hydroxylation sites is 1. The molecule has 0 spiro atoms. The molecule has 0 bridgehead atoms. The average Bonchev–Trinajstić information content (AvgIpc) is 2.62. The summed E-state index contributed by atoms with van der Waals surface area (Å²) >= 11 is 0. The highest BCUT2D eigenvalue weighted by atomic mass is 16.5. The summed E-state index contributed by atoms with van der Waals surface area (Å²) in [5, 5.41) is 0. The minimum absolute atomic E-state index is 0.421. The van der Waals surface area contributed by atoms with E-state index in [1.807, 2.05) is 43.3 Å². The summed E-state index contributed by atoms with van der Waals surface area (Å²) in [5.74, 6) is 2.07. The molecule has 2 aromatic carbocycles. The number of carbonyl (C=O) groups excluding carboxylic acids is 1. The van der Waals surface area contributed by atoms with Gasteiger partial charge in [0.1, 0.15) is 5.75 Å². The van der Waals surface area contributed by atoms with E-state index in [0.717, 1.165) is 17.5 Å². The molecule has 0 saturated heterocycles. The van der Waals surface area contributed by atoms with Gasteiger partial charge in [-0.05, 0) is 54.7 Å². The minimum atomic E-state index is -0.421. The Balaban J connectivity index is 2.01. The Kier molecular flexibility index (Phi) is 7.27. The third-order valence-corrected chi connectivity index (χ3v) is 3.86. The summed E-state index contributed by atoms with van der Waals surface area (Å²) in [5.41, 5.74) is 1.75. The first-order valence-electron chi connectivity index (χ1n) is 8.76. The van der Waals surface area contributed by atoms with Crippen LogP contribution in [0.3, 0.4) is 0 Å². The van der Waals surface area contributed by atoms with Gasteiger partial charge >= 0.3 is 5.97 Å². The van der Waals surface area contributed by atoms with E-state index in [4.69, 9.17) is 14.2 Å². The van der Waals surface area contributed by atoms with Crippen LogP contribution in [0, 0.1) is 12.8 Å². The van der Waals surface area contributed by atoms with Crippen LogP contribution in [0.2, 0.25) is 0 Å². The number of hydrogen-bond donors (Lipinski definition) is 0. The Bertz CT molecular complexity index is 762. The van der Waals surface area contributed by atoms with Crippen molar-refractivity contribution in [3.8, 4) is 17.2 Å². The summed E-state index contributed by atoms with van der Waals surface area (Å²) in [6, 6.07) is 13.0. The van der Waals surface area contributed by atoms with E-state index in [1.165, 1.54) is 6.08 Å². The first-order valence-corrected chi connectivity index (χ1v) is 8.76. The van der Waals surface area contributed by atoms with E-state index < -0.39 is 5.97 Å². The summed E-state index contributed by atoms with van der Waals surface area (Å²) in [7, 11) is 1.60. The summed E-state index contributed by atoms with van der Waals surface area (Å²) < 4.78 is 16.5. The smallest absolute Gasteiger partial charge is 0.336 e. The molecule has 26 heavy (non-hydrogen) atoms. The molecule has 138 valence electrons. The number of benzene rings is 2. The first-order chi connectivity index (χ1) is 12.5. The van der Waals surface area contributed by atoms with E-state index in [0.29, 0.717) is 29.8 Å². The van der Waals surface area contributed by atoms with Crippen LogP contribution >= 0.6 is 0 Å². The molecule has 0 atom stereocenters. The van der Waals surface area contributed by atoms with Gasteiger partial charge in [0.25, 0.3) is 0 Å². The van der Waals surface area contributed by atoms with Gasteiger partial charge in [0.2, 0.25) is 0 Å². The molecule has 4 heteroatoms. The number of esters is 1. The number of aryl methyl sites for hydroxylation is 1. The van der Waals surface area contributed by atoms with Crippen molar-refractivity contribution in [3.05, 3.63) is 59.7 Å². The number of methoxy groups -OCH3 is 1. The van der Waals surface area contributed by atoms with Crippen LogP contribution in [-0.4, -0.2) is 19.7 Å². The summed E-state index contributed by atoms with van der Waals surface area (Å²) in [4.78, 5) is 12.0. The van der Waals surface area contributed by atoms with Gasteiger partial charge in [-0.1, -0.05) is 38.1 Å². The third-order valence-electron chi connectivity index (χ3n) is 3.86. The lowest BCUT2D eigenvalue weighted by Gasteiger charge is -2.12. The zero-order valence-corrected chi connectivity index (χ0v) is 15.8. The van der Waals surface area contributed by atoms with Gasteiger partial charge in [-0.3, -0.25) is 0 Å². The quantitative estimate of drug-likeness (QED) is 0.378. The lowest BCUT2D eigenvalue weighted by atomic mass is 10.1. The predicted molar refractivity (Wildman–Crippen MR) is 104 cm³/mol. The Morgan fingerprint density at radius 3 is 2.54 bits per heavy atom. The van der Waals surface area contributed by atoms with Gasteiger partial charge in [-0.15, -0.1) is 0 Å². The molecule has 0 radical (unpaired) electrons. The second-order valence-electron chi connectivity index (χ2n) is 6.46. The number of ether oxygens (including phenoxy) is 3. The van der Waals surface area contributed by atoms with Gasteiger partial charge in [-0.2, -0.15) is 0 Å². The number of carbonyl (C=O) groups is 1. The lowest BCUT2D eigenvalue weighted by molar-refractivity contribution is -0.128. The fraction of sp³-hybridized carbons (Fsp3) is 0.318. The molecule has 0 aromatic heterocycles. The van der Waals surface area contributed by atoms with E-state index in [1.54, 1.807) is 19.3 Å². The molecule has 2 rings (SSSR count). The molecule has 0 aliphatic rings. The molecule has 4 nitrogen and oxygen atoms in total. The molecule has 0 fully saturated rings. The van der Waals surface area contributed by atoms with Crippen LogP contribution < -0.4 is 14.2 Å². The van der Waals surface area contributed by atoms with Crippen LogP contribution in [0.5, 0.6) is 17.2 Å². The van der Waals surface area contributed by atoms with Crippen molar-refractivity contribution in [3.63, 3.8) is 0 Å². The molecule has 2 aromatic rings. The zero-order valence-electron chi connectivity index (χ0n) is 15.8. The molecule has 0 N–H and O–H groups in total. The minimum Gasteiger partial charge on any atom is -0.493 e. The van der Waals surface area contributed by atoms with E-state index in [9.17, 15) is 4.79 Å². The molecule has 0 saturated carbocycles. The summed E-state index contributed by atoms with van der Waals surface area (Å²) in [6.45, 7) is 6.86. The summed E-state index contributed by atoms with van der Waals surface area (Å²) in [6.07, 6.45) is 4.08. The van der Waals surface area contributed by atoms with Gasteiger partial charge in [0.05, 0.1) is 13.7 Å². The van der Waals surface area contributed by atoms with Crippen molar-refractivity contribution in [2.24, 2.45) is 5.92 Å². The monoisotopic (exact) mass is 354 g/mol. The maximum atomic E-state index is 12.0. The van der Waals surface area contributed by atoms with Gasteiger partial charge < -0.3 is 14.2 Å². The van der Waals surface area contributed by atoms with E-state index in [-0.39, 0.29) is 0 Å². The molecule has 0 aliphatic carbocycles. The Labute approximate surface area is 155 Å². The van der Waals surface area contributed by atoms with Crippen LogP contribution in [0.4, 0.5) is 0 Å². The Hall–Kier alpha value is -2.75. The van der Waals surface area contributed by atoms with Crippen LogP contribution in [0.1, 0.15) is 31.4 Å². The molecule has 0 aliphatic heterocycles. The van der Waals surface area contributed by atoms with Crippen LogP contribution in [0.25, 0.3) is 6.08 Å². The SMILES string of the molecule is COc1cc(/C=C/C(=O)Oc2ccccc2C)ccc1OCCC(C)C. The third kappa shape index (κ3) is 5.96. The van der Waals surface area contributed by atoms with Crippen molar-refractivity contribution in [2.45, 2.75) is 27.2 Å². The topological polar surface area (TPSA) is 44.8 Å². The largest absolute Gasteiger partial charge is 0.493 e. The fourth-order valence-electron chi connectivity index (χ4n) is 2.29. The number of rotatable bonds is 8. The average molecular weight is 354 g/mol. The van der Waals surface area contributed by atoms with Crippen molar-refractivity contribution in [2.75, 3.05) is 13.7 Å². The predicted octanol–water partition coefficient (Wildman–Crippen LogP) is 5.05. The maximum Gasteiger partial charge on any atom is 0.336 e. The van der Waals surface area contributed by atoms with Crippen molar-refractivity contribution < 1.29 is 19.0 Å². The van der Waals surface area contributed by atoms with Gasteiger partial charge in [0, 0.05) is 6.08 Å². The standard InChI is InChI=1S/C22H26O4/c1-16(2)13-14-25-20-11-9-18(15-21(20)24-4)10-12-22(23)26-19-8-6-5-7-17(19)3/h5-12,15-16H,13-14H2,1-4H3/b12-10+. The molecular formula is C22H26O4. The van der Waals surface area contributed by atoms with Gasteiger partial charge in [-0.25, -0.2) is 4.79 Å². The van der Waals surface area contributed by atoms with Crippen molar-refractivity contribution in [1.82, 2.24) is 0 Å². The zero-order chi connectivity index (χ0) is 18.9. The lowest BCUT2D eigenvalue weighted by Crippen LogP contribution is -2.04. The Morgan fingerprint density at radius 1 is 1.08 bits per heavy atom. The normalized spacial score (nSPS) is 11.0. The highest BCUT2D eigenvalue weighted by molar-refractivity contribution is 5.89. The highest BCUT2D eigenvalue weighted by Gasteiger charge is 2.07. The Morgan fingerprint density at radius 2 is 1.85 bits per heavy atom. The van der Waals surface area contributed by atoms with Crippen molar-refractivity contribution in [1.29, 1.82) is 0 Å². The highest BCUT2D eigenvalue weighted by Crippen LogP contribution is 2.29. The van der Waals surface area contributed by atoms with Gasteiger partial charge in [0.15, 0.2) is 11.5 Å². The molecule has 0 amide bonds. The van der Waals surface area contributed by atoms with Crippen molar-refractivity contribution >= 4 is 12.0 Å².